The van der Waals surface area contributed by atoms with Crippen LogP contribution in [0.1, 0.15) is 57.8 Å². The Kier molecular flexibility index (Phi) is 3.24. The van der Waals surface area contributed by atoms with Gasteiger partial charge in [-0.3, -0.25) is 9.78 Å². The molecule has 0 spiro atoms. The van der Waals surface area contributed by atoms with Gasteiger partial charge < -0.3 is 10.2 Å². The third-order valence-electron chi connectivity index (χ3n) is 3.72. The Morgan fingerprint density at radius 3 is 2.93 bits per heavy atom. The van der Waals surface area contributed by atoms with Crippen molar-refractivity contribution in [3.8, 4) is 0 Å². The van der Waals surface area contributed by atoms with Gasteiger partial charge in [-0.2, -0.15) is 0 Å². The van der Waals surface area contributed by atoms with Crippen molar-refractivity contribution in [2.75, 3.05) is 19.5 Å². The maximum absolute atomic E-state index is 16.6. The van der Waals surface area contributed by atoms with Crippen molar-refractivity contribution in [2.45, 2.75) is 38.3 Å². The van der Waals surface area contributed by atoms with E-state index >= 15 is 4.39 Å². The van der Waals surface area contributed by atoms with Gasteiger partial charge in [0.05, 0.1) is 10.7 Å². The number of nitrogens with one attached hydrogen (secondary N) is 1. The minimum absolute atomic E-state index is 0.0502. The van der Waals surface area contributed by atoms with Crippen LogP contribution in [0, 0.1) is 5.82 Å². The molecule has 7 heteroatoms. The van der Waals surface area contributed by atoms with E-state index in [4.69, 9.17) is 28.1 Å². The number of piperidine rings is 1. The lowest BCUT2D eigenvalue weighted by atomic mass is 9.92. The van der Waals surface area contributed by atoms with E-state index in [0.29, 0.717) is 0 Å². The molecule has 4 nitrogen and oxygen atoms in total. The molecule has 0 aliphatic carbocycles. The summed E-state index contributed by atoms with van der Waals surface area (Å²) in [5.74, 6) is -2.47. The second kappa shape index (κ2) is 8.97. The van der Waals surface area contributed by atoms with E-state index in [0.717, 1.165) is 36.5 Å². The molecule has 1 unspecified atom stereocenters. The molecule has 2 aromatic rings. The number of likely N-dealkylation sites (tertiary alicyclic amines) is 1. The molecule has 3 rings (SSSR count). The minimum atomic E-state index is -4.14. The van der Waals surface area contributed by atoms with Crippen molar-refractivity contribution in [2.24, 2.45) is 0 Å². The van der Waals surface area contributed by atoms with Gasteiger partial charge in [0, 0.05) is 67.0 Å². The monoisotopic (exact) mass is 419 g/mol. The van der Waals surface area contributed by atoms with Crippen molar-refractivity contribution in [1.29, 1.82) is 0 Å². The zero-order valence-electron chi connectivity index (χ0n) is 26.6. The van der Waals surface area contributed by atoms with Gasteiger partial charge in [-0.15, -0.1) is 0 Å². The predicted octanol–water partition coefficient (Wildman–Crippen LogP) is 4.17. The maximum atomic E-state index is 16.6. The fourth-order valence-electron chi connectivity index (χ4n) is 2.18. The largest absolute Gasteiger partial charge is 0.338 e. The van der Waals surface area contributed by atoms with Crippen LogP contribution < -0.4 is 5.32 Å². The van der Waals surface area contributed by atoms with E-state index in [1.165, 1.54) is 6.92 Å². The summed E-state index contributed by atoms with van der Waals surface area (Å²) in [5, 5.41) is 1.06. The molecule has 1 fully saturated rings. The molecule has 0 radical (unpaired) electrons. The van der Waals surface area contributed by atoms with Crippen LogP contribution in [0.5, 0.6) is 0 Å². The van der Waals surface area contributed by atoms with Crippen LogP contribution in [0.25, 0.3) is 0 Å². The standard InChI is InChI=1S/C21H24ClF2N3O/c1-2-15-3-5-17(26-12-15)13-25-14-21(24)7-9-27(10-8-21)20(28)16-4-6-19(23)18(22)11-16/h3-6,11-12,25H,2,7-10,13-14H2,1H3/i2D2,7D2,9D2,10D2,13D2,14D2. The highest BCUT2D eigenvalue weighted by atomic mass is 35.5. The molecule has 0 saturated carbocycles. The molecule has 0 bridgehead atoms. The summed E-state index contributed by atoms with van der Waals surface area (Å²) in [5.41, 5.74) is -5.20. The van der Waals surface area contributed by atoms with E-state index in [9.17, 15) is 9.18 Å². The predicted molar refractivity (Wildman–Crippen MR) is 106 cm³/mol. The molecule has 1 aromatic heterocycles. The molecule has 1 aliphatic rings. The fourth-order valence-corrected chi connectivity index (χ4v) is 2.36. The zero-order valence-corrected chi connectivity index (χ0v) is 15.4. The number of amides is 1. The maximum Gasteiger partial charge on any atom is 0.253 e. The van der Waals surface area contributed by atoms with Gasteiger partial charge >= 0.3 is 0 Å². The Bertz CT molecular complexity index is 1310. The summed E-state index contributed by atoms with van der Waals surface area (Å²) in [7, 11) is 0. The number of hydrogen-bond acceptors (Lipinski definition) is 3. The van der Waals surface area contributed by atoms with Crippen LogP contribution in [0.3, 0.4) is 0 Å². The number of carbonyl (C=O) groups is 1. The van der Waals surface area contributed by atoms with Crippen molar-refractivity contribution < 1.29 is 30.0 Å². The third-order valence-corrected chi connectivity index (χ3v) is 4.01. The van der Waals surface area contributed by atoms with Gasteiger partial charge in [-0.1, -0.05) is 24.6 Å². The van der Waals surface area contributed by atoms with Crippen molar-refractivity contribution in [3.63, 3.8) is 0 Å². The van der Waals surface area contributed by atoms with Gasteiger partial charge in [0.25, 0.3) is 5.91 Å². The quantitative estimate of drug-likeness (QED) is 0.764. The topological polar surface area (TPSA) is 45.2 Å². The number of pyridine rings is 1. The molecule has 1 atom stereocenters. The van der Waals surface area contributed by atoms with Gasteiger partial charge in [-0.05, 0) is 36.2 Å². The van der Waals surface area contributed by atoms with Crippen LogP contribution in [-0.4, -0.2) is 41.0 Å². The Morgan fingerprint density at radius 1 is 1.43 bits per heavy atom. The van der Waals surface area contributed by atoms with Crippen LogP contribution in [0.2, 0.25) is 5.02 Å². The van der Waals surface area contributed by atoms with Crippen LogP contribution >= 0.6 is 11.6 Å². The summed E-state index contributed by atoms with van der Waals surface area (Å²) in [6.45, 7) is -12.9. The average molecular weight is 420 g/mol. The Balaban J connectivity index is 2.04. The molecule has 2 heterocycles. The SMILES string of the molecule is [2H]C([2H])(C)c1ccc(C([2H])([2H])NC([2H])([2H])C2(F)CC([2H])([2H])N(C(=O)c3ccc(F)c(Cl)c3)C([2H])([2H])C2([2H])[2H])nc1. The first-order valence-corrected chi connectivity index (χ1v) is 8.45. The summed E-state index contributed by atoms with van der Waals surface area (Å²) >= 11 is 5.66. The highest BCUT2D eigenvalue weighted by molar-refractivity contribution is 6.31. The molecular formula is C21H24ClF2N3O. The van der Waals surface area contributed by atoms with E-state index < -0.39 is 78.8 Å². The number of nitrogens with zero attached hydrogens (tertiary/aromatic N) is 2. The first kappa shape index (κ1) is 10.1. The second-order valence-electron chi connectivity index (χ2n) is 5.70. The lowest BCUT2D eigenvalue weighted by Crippen LogP contribution is -2.48. The Hall–Kier alpha value is -2.05. The van der Waals surface area contributed by atoms with Crippen molar-refractivity contribution >= 4 is 17.5 Å². The van der Waals surface area contributed by atoms with Gasteiger partial charge in [0.2, 0.25) is 0 Å². The summed E-state index contributed by atoms with van der Waals surface area (Å²) in [6.07, 6.45) is -6.67. The van der Waals surface area contributed by atoms with E-state index in [-0.39, 0.29) is 10.5 Å². The smallest absolute Gasteiger partial charge is 0.253 e. The number of aromatic nitrogens is 1. The normalized spacial score (nSPS) is 32.9. The number of carbonyl (C=O) groups excluding carboxylic acids is 1. The molecule has 1 aromatic carbocycles. The van der Waals surface area contributed by atoms with Gasteiger partial charge in [0.1, 0.15) is 11.5 Å². The Morgan fingerprint density at radius 2 is 2.25 bits per heavy atom. The molecule has 1 aliphatic heterocycles. The van der Waals surface area contributed by atoms with E-state index in [1.807, 2.05) is 0 Å². The number of halogens is 3. The summed E-state index contributed by atoms with van der Waals surface area (Å²) < 4.78 is 128. The number of rotatable bonds is 6. The summed E-state index contributed by atoms with van der Waals surface area (Å²) in [6, 6.07) is 4.46. The first-order chi connectivity index (χ1) is 17.8. The average Bonchev–Trinajstić information content (AvgIpc) is 2.78. The summed E-state index contributed by atoms with van der Waals surface area (Å²) in [4.78, 5) is 16.6. The third kappa shape index (κ3) is 5.06. The molecular weight excluding hydrogens is 384 g/mol. The van der Waals surface area contributed by atoms with Gasteiger partial charge in [-0.25, -0.2) is 8.78 Å². The van der Waals surface area contributed by atoms with Crippen LogP contribution in [-0.2, 0) is 12.9 Å². The number of hydrogen-bond donors (Lipinski definition) is 1. The highest BCUT2D eigenvalue weighted by Gasteiger charge is 2.35. The lowest BCUT2D eigenvalue weighted by molar-refractivity contribution is 0.0434. The number of benzene rings is 1. The zero-order chi connectivity index (χ0) is 30.9. The van der Waals surface area contributed by atoms with Crippen LogP contribution in [0.15, 0.2) is 36.5 Å². The van der Waals surface area contributed by atoms with Crippen molar-refractivity contribution in [1.82, 2.24) is 15.2 Å². The van der Waals surface area contributed by atoms with Gasteiger partial charge in [0.15, 0.2) is 0 Å². The molecule has 28 heavy (non-hydrogen) atoms. The Labute approximate surface area is 185 Å². The molecule has 1 N–H and O–H groups in total. The van der Waals surface area contributed by atoms with E-state index in [2.05, 4.69) is 4.98 Å². The molecule has 1 amide bonds. The van der Waals surface area contributed by atoms with Crippen molar-refractivity contribution in [3.05, 3.63) is 64.2 Å². The minimum Gasteiger partial charge on any atom is -0.338 e. The fraction of sp³-hybridized carbons (Fsp3) is 0.429. The lowest BCUT2D eigenvalue weighted by Gasteiger charge is -2.36. The number of aryl methyl sites for hydroxylation is 1. The molecule has 1 saturated heterocycles. The number of alkyl halides is 1. The first-order valence-electron chi connectivity index (χ1n) is 14.1. The van der Waals surface area contributed by atoms with E-state index in [1.54, 1.807) is 5.32 Å². The molecule has 150 valence electrons. The highest BCUT2D eigenvalue weighted by Crippen LogP contribution is 2.27. The second-order valence-corrected chi connectivity index (χ2v) is 6.11. The van der Waals surface area contributed by atoms with Crippen LogP contribution in [0.4, 0.5) is 8.78 Å².